The minimum Gasteiger partial charge on any atom is -0.454 e. The first-order chi connectivity index (χ1) is 9.11. The van der Waals surface area contributed by atoms with Crippen molar-refractivity contribution in [3.05, 3.63) is 11.9 Å². The van der Waals surface area contributed by atoms with Crippen LogP contribution < -0.4 is 10.1 Å². The summed E-state index contributed by atoms with van der Waals surface area (Å²) in [6.07, 6.45) is -14.2. The van der Waals surface area contributed by atoms with Gasteiger partial charge in [0.1, 0.15) is 12.1 Å². The molecule has 4 nitrogen and oxygen atoms in total. The van der Waals surface area contributed by atoms with Gasteiger partial charge in [-0.25, -0.2) is 9.97 Å². The number of halogens is 6. The lowest BCUT2D eigenvalue weighted by Gasteiger charge is -2.24. The smallest absolute Gasteiger partial charge is 0.434 e. The maximum absolute atomic E-state index is 12.4. The number of hydrogen-bond donors (Lipinski definition) is 1. The van der Waals surface area contributed by atoms with E-state index >= 15 is 0 Å². The van der Waals surface area contributed by atoms with Crippen molar-refractivity contribution in [2.45, 2.75) is 31.8 Å². The van der Waals surface area contributed by atoms with E-state index in [2.05, 4.69) is 20.0 Å². The first-order valence-electron chi connectivity index (χ1n) is 5.43. The molecule has 1 aromatic heterocycles. The van der Waals surface area contributed by atoms with Crippen molar-refractivity contribution in [3.63, 3.8) is 0 Å². The molecule has 0 saturated heterocycles. The molecule has 0 unspecified atom stereocenters. The zero-order chi connectivity index (χ0) is 15.6. The highest BCUT2D eigenvalue weighted by Crippen LogP contribution is 2.37. The molecule has 0 atom stereocenters. The monoisotopic (exact) mass is 303 g/mol. The van der Waals surface area contributed by atoms with Crippen LogP contribution in [-0.2, 0) is 6.42 Å². The maximum atomic E-state index is 12.4. The average molecular weight is 303 g/mol. The molecule has 1 rings (SSSR count). The molecule has 0 bridgehead atoms. The third-order valence-electron chi connectivity index (χ3n) is 2.32. The highest BCUT2D eigenvalue weighted by atomic mass is 19.4. The number of aromatic nitrogens is 2. The molecule has 20 heavy (non-hydrogen) atoms. The summed E-state index contributed by atoms with van der Waals surface area (Å²) in [5.74, 6) is -0.632. The van der Waals surface area contributed by atoms with Crippen LogP contribution in [0.25, 0.3) is 0 Å². The molecule has 1 aromatic rings. The lowest BCUT2D eigenvalue weighted by atomic mass is 10.2. The largest absolute Gasteiger partial charge is 0.454 e. The molecule has 0 fully saturated rings. The molecule has 0 radical (unpaired) electrons. The molecule has 0 spiro atoms. The van der Waals surface area contributed by atoms with E-state index in [9.17, 15) is 26.3 Å². The molecular weight excluding hydrogens is 292 g/mol. The summed E-state index contributed by atoms with van der Waals surface area (Å²) in [4.78, 5) is 7.05. The van der Waals surface area contributed by atoms with Crippen molar-refractivity contribution < 1.29 is 31.1 Å². The second-order valence-electron chi connectivity index (χ2n) is 3.69. The Kier molecular flexibility index (Phi) is 4.66. The van der Waals surface area contributed by atoms with Gasteiger partial charge in [-0.15, -0.1) is 0 Å². The summed E-state index contributed by atoms with van der Waals surface area (Å²) in [7, 11) is 1.43. The van der Waals surface area contributed by atoms with Crippen LogP contribution in [0.15, 0.2) is 6.33 Å². The molecule has 1 heterocycles. The lowest BCUT2D eigenvalue weighted by molar-refractivity contribution is -0.300. The molecule has 0 aliphatic heterocycles. The number of nitrogens with one attached hydrogen (secondary N) is 1. The van der Waals surface area contributed by atoms with Gasteiger partial charge in [-0.1, -0.05) is 6.92 Å². The van der Waals surface area contributed by atoms with Crippen molar-refractivity contribution >= 4 is 5.82 Å². The third-order valence-corrected chi connectivity index (χ3v) is 2.32. The van der Waals surface area contributed by atoms with Crippen molar-refractivity contribution in [1.82, 2.24) is 9.97 Å². The molecule has 1 N–H and O–H groups in total. The van der Waals surface area contributed by atoms with E-state index in [0.717, 1.165) is 6.33 Å². The lowest BCUT2D eigenvalue weighted by Crippen LogP contribution is -2.46. The van der Waals surface area contributed by atoms with Crippen LogP contribution in [0.2, 0.25) is 0 Å². The second kappa shape index (κ2) is 5.71. The SMILES string of the molecule is CCc1c(NC)ncnc1OC(C(F)(F)F)C(F)(F)F. The Morgan fingerprint density at radius 1 is 1.15 bits per heavy atom. The van der Waals surface area contributed by atoms with Crippen molar-refractivity contribution in [1.29, 1.82) is 0 Å². The van der Waals surface area contributed by atoms with Gasteiger partial charge in [0, 0.05) is 7.05 Å². The molecule has 10 heteroatoms. The Bertz CT molecular complexity index is 445. The Balaban J connectivity index is 3.19. The molecule has 114 valence electrons. The first kappa shape index (κ1) is 16.3. The van der Waals surface area contributed by atoms with Crippen molar-refractivity contribution in [2.24, 2.45) is 0 Å². The van der Waals surface area contributed by atoms with E-state index in [1.807, 2.05) is 0 Å². The van der Waals surface area contributed by atoms with Gasteiger partial charge in [0.25, 0.3) is 6.10 Å². The summed E-state index contributed by atoms with van der Waals surface area (Å²) in [5.41, 5.74) is 0.0356. The number of hydrogen-bond acceptors (Lipinski definition) is 4. The summed E-state index contributed by atoms with van der Waals surface area (Å²) in [5, 5.41) is 2.54. The quantitative estimate of drug-likeness (QED) is 0.869. The molecule has 0 saturated carbocycles. The van der Waals surface area contributed by atoms with Crippen LogP contribution in [0.4, 0.5) is 32.2 Å². The number of rotatable bonds is 4. The van der Waals surface area contributed by atoms with Gasteiger partial charge in [-0.3, -0.25) is 0 Å². The normalized spacial score (nSPS) is 12.7. The Hall–Kier alpha value is -1.74. The summed E-state index contributed by atoms with van der Waals surface area (Å²) in [6.45, 7) is 1.53. The van der Waals surface area contributed by atoms with Crippen LogP contribution >= 0.6 is 0 Å². The highest BCUT2D eigenvalue weighted by molar-refractivity contribution is 5.48. The Morgan fingerprint density at radius 2 is 1.70 bits per heavy atom. The van der Waals surface area contributed by atoms with Gasteiger partial charge in [-0.2, -0.15) is 26.3 Å². The van der Waals surface area contributed by atoms with Crippen LogP contribution in [-0.4, -0.2) is 35.5 Å². The Labute approximate surface area is 110 Å². The summed E-state index contributed by atoms with van der Waals surface area (Å²) < 4.78 is 78.6. The van der Waals surface area contributed by atoms with E-state index in [4.69, 9.17) is 0 Å². The topological polar surface area (TPSA) is 47.0 Å². The van der Waals surface area contributed by atoms with Gasteiger partial charge in [0.2, 0.25) is 5.88 Å². The van der Waals surface area contributed by atoms with Crippen LogP contribution in [0.1, 0.15) is 12.5 Å². The average Bonchev–Trinajstić information content (AvgIpc) is 2.32. The first-order valence-corrected chi connectivity index (χ1v) is 5.43. The molecule has 0 aliphatic rings. The van der Waals surface area contributed by atoms with E-state index in [1.54, 1.807) is 0 Å². The summed E-state index contributed by atoms with van der Waals surface area (Å²) >= 11 is 0. The van der Waals surface area contributed by atoms with E-state index in [0.29, 0.717) is 0 Å². The third kappa shape index (κ3) is 3.64. The predicted molar refractivity (Wildman–Crippen MR) is 57.5 cm³/mol. The molecular formula is C10H11F6N3O. The van der Waals surface area contributed by atoms with Gasteiger partial charge in [-0.05, 0) is 6.42 Å². The van der Waals surface area contributed by atoms with Crippen LogP contribution in [0, 0.1) is 0 Å². The van der Waals surface area contributed by atoms with E-state index < -0.39 is 24.3 Å². The van der Waals surface area contributed by atoms with Crippen molar-refractivity contribution in [3.8, 4) is 5.88 Å². The van der Waals surface area contributed by atoms with E-state index in [1.165, 1.54) is 14.0 Å². The van der Waals surface area contributed by atoms with Gasteiger partial charge in [0.05, 0.1) is 5.56 Å². The Morgan fingerprint density at radius 3 is 2.10 bits per heavy atom. The van der Waals surface area contributed by atoms with Crippen molar-refractivity contribution in [2.75, 3.05) is 12.4 Å². The number of alkyl halides is 6. The molecule has 0 aromatic carbocycles. The summed E-state index contributed by atoms with van der Waals surface area (Å²) in [6, 6.07) is 0. The second-order valence-corrected chi connectivity index (χ2v) is 3.69. The number of ether oxygens (including phenoxy) is 1. The zero-order valence-corrected chi connectivity index (χ0v) is 10.4. The minimum absolute atomic E-state index is 0.0356. The molecule has 0 amide bonds. The fourth-order valence-corrected chi connectivity index (χ4v) is 1.46. The van der Waals surface area contributed by atoms with Gasteiger partial charge < -0.3 is 10.1 Å². The maximum Gasteiger partial charge on any atom is 0.434 e. The highest BCUT2D eigenvalue weighted by Gasteiger charge is 2.59. The van der Waals surface area contributed by atoms with Crippen LogP contribution in [0.3, 0.4) is 0 Å². The number of nitrogens with zero attached hydrogens (tertiary/aromatic N) is 2. The van der Waals surface area contributed by atoms with Gasteiger partial charge in [0.15, 0.2) is 0 Å². The van der Waals surface area contributed by atoms with E-state index in [-0.39, 0.29) is 17.8 Å². The standard InChI is InChI=1S/C10H11F6N3O/c1-3-5-6(17-2)18-4-19-7(5)20-8(9(11,12)13)10(14,15)16/h4,8H,3H2,1-2H3,(H,17,18,19). The predicted octanol–water partition coefficient (Wildman–Crippen LogP) is 2.95. The minimum atomic E-state index is -5.59. The fourth-order valence-electron chi connectivity index (χ4n) is 1.46. The molecule has 0 aliphatic carbocycles. The van der Waals surface area contributed by atoms with Gasteiger partial charge >= 0.3 is 12.4 Å². The zero-order valence-electron chi connectivity index (χ0n) is 10.4. The number of anilines is 1. The fraction of sp³-hybridized carbons (Fsp3) is 0.600. The van der Waals surface area contributed by atoms with Crippen LogP contribution in [0.5, 0.6) is 5.88 Å².